The Morgan fingerprint density at radius 2 is 1.95 bits per heavy atom. The minimum atomic E-state index is -3.78. The van der Waals surface area contributed by atoms with Crippen LogP contribution in [0.3, 0.4) is 0 Å². The maximum absolute atomic E-state index is 12.2. The molecule has 2 unspecified atom stereocenters. The molecule has 0 aromatic carbocycles. The third kappa shape index (κ3) is 3.57. The lowest BCUT2D eigenvalue weighted by molar-refractivity contribution is 0.0702. The van der Waals surface area contributed by atoms with E-state index in [0.29, 0.717) is 24.2 Å². The molecule has 2 rings (SSSR count). The van der Waals surface area contributed by atoms with Crippen molar-refractivity contribution in [1.82, 2.24) is 4.72 Å². The van der Waals surface area contributed by atoms with E-state index in [0.717, 1.165) is 19.3 Å². The number of aliphatic hydroxyl groups excluding tert-OH is 1. The Labute approximate surface area is 121 Å². The van der Waals surface area contributed by atoms with E-state index >= 15 is 0 Å². The van der Waals surface area contributed by atoms with Crippen molar-refractivity contribution in [2.45, 2.75) is 48.5 Å². The number of nitrogens with one attached hydrogen (secondary N) is 1. The second kappa shape index (κ2) is 6.21. The Bertz CT molecular complexity index is 580. The maximum atomic E-state index is 12.2. The summed E-state index contributed by atoms with van der Waals surface area (Å²) in [5.41, 5.74) is 0. The van der Waals surface area contributed by atoms with Crippen LogP contribution in [0.25, 0.3) is 0 Å². The van der Waals surface area contributed by atoms with Gasteiger partial charge in [0.25, 0.3) is 0 Å². The van der Waals surface area contributed by atoms with Crippen LogP contribution in [-0.2, 0) is 10.0 Å². The van der Waals surface area contributed by atoms with Crippen molar-refractivity contribution >= 4 is 27.3 Å². The van der Waals surface area contributed by atoms with Gasteiger partial charge in [-0.25, -0.2) is 17.9 Å². The molecule has 1 fully saturated rings. The van der Waals surface area contributed by atoms with Crippen LogP contribution in [0, 0.1) is 0 Å². The average Bonchev–Trinajstić information content (AvgIpc) is 2.79. The predicted molar refractivity (Wildman–Crippen MR) is 74.5 cm³/mol. The van der Waals surface area contributed by atoms with Crippen LogP contribution in [0.1, 0.15) is 41.8 Å². The summed E-state index contributed by atoms with van der Waals surface area (Å²) in [5.74, 6) is -1.15. The Hall–Kier alpha value is -0.960. The summed E-state index contributed by atoms with van der Waals surface area (Å²) >= 11 is 0.711. The lowest BCUT2D eigenvalue weighted by atomic mass is 10.1. The number of thiophene rings is 1. The lowest BCUT2D eigenvalue weighted by Gasteiger charge is -2.21. The van der Waals surface area contributed by atoms with Gasteiger partial charge in [0.2, 0.25) is 10.0 Å². The number of carbonyl (C=O) groups is 1. The van der Waals surface area contributed by atoms with Crippen LogP contribution < -0.4 is 4.72 Å². The molecule has 112 valence electrons. The fraction of sp³-hybridized carbons (Fsp3) is 0.583. The van der Waals surface area contributed by atoms with Gasteiger partial charge in [-0.3, -0.25) is 0 Å². The van der Waals surface area contributed by atoms with E-state index in [2.05, 4.69) is 4.72 Å². The van der Waals surface area contributed by atoms with Gasteiger partial charge >= 0.3 is 5.97 Å². The molecule has 0 aliphatic heterocycles. The SMILES string of the molecule is O=C(O)c1ccc(S(=O)(=O)NC2CCCCCC2O)s1. The van der Waals surface area contributed by atoms with E-state index in [9.17, 15) is 18.3 Å². The number of hydrogen-bond donors (Lipinski definition) is 3. The summed E-state index contributed by atoms with van der Waals surface area (Å²) in [5, 5.41) is 18.8. The molecule has 0 amide bonds. The zero-order chi connectivity index (χ0) is 14.8. The lowest BCUT2D eigenvalue weighted by Crippen LogP contribution is -2.42. The average molecular weight is 319 g/mol. The van der Waals surface area contributed by atoms with Gasteiger partial charge < -0.3 is 10.2 Å². The normalized spacial score (nSPS) is 24.2. The van der Waals surface area contributed by atoms with Crippen LogP contribution in [-0.4, -0.2) is 36.7 Å². The largest absolute Gasteiger partial charge is 0.477 e. The maximum Gasteiger partial charge on any atom is 0.345 e. The number of hydrogen-bond acceptors (Lipinski definition) is 5. The van der Waals surface area contributed by atoms with Crippen LogP contribution in [0.4, 0.5) is 0 Å². The quantitative estimate of drug-likeness (QED) is 0.728. The molecule has 1 aromatic rings. The number of carboxylic acid groups (broad SMARTS) is 1. The number of rotatable bonds is 4. The van der Waals surface area contributed by atoms with Gasteiger partial charge in [-0.15, -0.1) is 11.3 Å². The van der Waals surface area contributed by atoms with E-state index in [1.165, 1.54) is 12.1 Å². The molecule has 1 heterocycles. The first kappa shape index (κ1) is 15.4. The molecular formula is C12H17NO5S2. The predicted octanol–water partition coefficient (Wildman–Crippen LogP) is 1.42. The fourth-order valence-corrected chi connectivity index (χ4v) is 4.73. The van der Waals surface area contributed by atoms with Gasteiger partial charge in [-0.2, -0.15) is 0 Å². The van der Waals surface area contributed by atoms with E-state index in [1.54, 1.807) is 0 Å². The molecule has 0 saturated heterocycles. The van der Waals surface area contributed by atoms with E-state index < -0.39 is 28.1 Å². The molecule has 1 aliphatic rings. The Kier molecular flexibility index (Phi) is 4.79. The Morgan fingerprint density at radius 3 is 2.60 bits per heavy atom. The molecule has 8 heteroatoms. The molecule has 6 nitrogen and oxygen atoms in total. The monoisotopic (exact) mass is 319 g/mol. The van der Waals surface area contributed by atoms with Gasteiger partial charge in [0.1, 0.15) is 9.09 Å². The summed E-state index contributed by atoms with van der Waals surface area (Å²) in [7, 11) is -3.78. The van der Waals surface area contributed by atoms with Crippen molar-refractivity contribution in [3.05, 3.63) is 17.0 Å². The van der Waals surface area contributed by atoms with Crippen LogP contribution in [0.5, 0.6) is 0 Å². The van der Waals surface area contributed by atoms with E-state index in [-0.39, 0.29) is 9.09 Å². The molecular weight excluding hydrogens is 302 g/mol. The topological polar surface area (TPSA) is 104 Å². The number of aromatic carboxylic acids is 1. The standard InChI is InChI=1S/C12H17NO5S2/c14-9-5-3-1-2-4-8(9)13-20(17,18)11-7-6-10(19-11)12(15)16/h6-9,13-14H,1-5H2,(H,15,16). The summed E-state index contributed by atoms with van der Waals surface area (Å²) in [4.78, 5) is 10.8. The van der Waals surface area contributed by atoms with Gasteiger partial charge in [-0.05, 0) is 25.0 Å². The first-order valence-electron chi connectivity index (χ1n) is 6.43. The van der Waals surface area contributed by atoms with Crippen molar-refractivity contribution in [2.75, 3.05) is 0 Å². The van der Waals surface area contributed by atoms with Crippen LogP contribution in [0.15, 0.2) is 16.3 Å². The zero-order valence-electron chi connectivity index (χ0n) is 10.8. The Balaban J connectivity index is 2.15. The third-order valence-corrected chi connectivity index (χ3v) is 6.40. The Morgan fingerprint density at radius 1 is 1.25 bits per heavy atom. The summed E-state index contributed by atoms with van der Waals surface area (Å²) in [6, 6.07) is 2.04. The van der Waals surface area contributed by atoms with E-state index in [4.69, 9.17) is 5.11 Å². The zero-order valence-corrected chi connectivity index (χ0v) is 12.4. The molecule has 0 bridgehead atoms. The van der Waals surface area contributed by atoms with Crippen LogP contribution in [0.2, 0.25) is 0 Å². The number of carboxylic acids is 1. The molecule has 1 aliphatic carbocycles. The molecule has 2 atom stereocenters. The molecule has 1 aromatic heterocycles. The first-order valence-corrected chi connectivity index (χ1v) is 8.73. The summed E-state index contributed by atoms with van der Waals surface area (Å²) in [6.07, 6.45) is 3.23. The van der Waals surface area contributed by atoms with Gasteiger partial charge in [0, 0.05) is 6.04 Å². The molecule has 3 N–H and O–H groups in total. The van der Waals surface area contributed by atoms with E-state index in [1.807, 2.05) is 0 Å². The highest BCUT2D eigenvalue weighted by Crippen LogP contribution is 2.24. The summed E-state index contributed by atoms with van der Waals surface area (Å²) in [6.45, 7) is 0. The number of aliphatic hydroxyl groups is 1. The molecule has 0 spiro atoms. The second-order valence-corrected chi connectivity index (χ2v) is 7.88. The van der Waals surface area contributed by atoms with Crippen molar-refractivity contribution < 1.29 is 23.4 Å². The second-order valence-electron chi connectivity index (χ2n) is 4.86. The van der Waals surface area contributed by atoms with Crippen molar-refractivity contribution in [2.24, 2.45) is 0 Å². The number of sulfonamides is 1. The highest BCUT2D eigenvalue weighted by Gasteiger charge is 2.28. The highest BCUT2D eigenvalue weighted by molar-refractivity contribution is 7.91. The minimum absolute atomic E-state index is 0.0215. The van der Waals surface area contributed by atoms with Crippen molar-refractivity contribution in [1.29, 1.82) is 0 Å². The van der Waals surface area contributed by atoms with Gasteiger partial charge in [0.05, 0.1) is 6.10 Å². The minimum Gasteiger partial charge on any atom is -0.477 e. The van der Waals surface area contributed by atoms with Crippen molar-refractivity contribution in [3.8, 4) is 0 Å². The first-order chi connectivity index (χ1) is 9.40. The van der Waals surface area contributed by atoms with Gasteiger partial charge in [-0.1, -0.05) is 19.3 Å². The highest BCUT2D eigenvalue weighted by atomic mass is 32.2. The molecule has 0 radical (unpaired) electrons. The van der Waals surface area contributed by atoms with Gasteiger partial charge in [0.15, 0.2) is 0 Å². The third-order valence-electron chi connectivity index (χ3n) is 3.34. The summed E-state index contributed by atoms with van der Waals surface area (Å²) < 4.78 is 26.8. The van der Waals surface area contributed by atoms with Crippen LogP contribution >= 0.6 is 11.3 Å². The van der Waals surface area contributed by atoms with Crippen molar-refractivity contribution in [3.63, 3.8) is 0 Å². The molecule has 20 heavy (non-hydrogen) atoms. The fourth-order valence-electron chi connectivity index (χ4n) is 2.26. The smallest absolute Gasteiger partial charge is 0.345 e. The molecule has 1 saturated carbocycles.